The zero-order valence-corrected chi connectivity index (χ0v) is 20.1. The lowest BCUT2D eigenvalue weighted by atomic mass is 10.0. The third-order valence-corrected chi connectivity index (χ3v) is 5.25. The number of methoxy groups -OCH3 is 1. The van der Waals surface area contributed by atoms with Crippen molar-refractivity contribution in [3.8, 4) is 5.75 Å². The van der Waals surface area contributed by atoms with Gasteiger partial charge in [-0.2, -0.15) is 0 Å². The average molecular weight is 490 g/mol. The SMILES string of the molecule is COc1ccc(C(=O)Nc2ccccc2C(=O)N[C@H](C(=O)NNC(=O)c2ccncc2)C(C)C)cc1. The van der Waals surface area contributed by atoms with Crippen molar-refractivity contribution in [2.75, 3.05) is 12.4 Å². The Balaban J connectivity index is 1.68. The Hall–Kier alpha value is -4.73. The molecular weight excluding hydrogens is 462 g/mol. The number of nitrogens with one attached hydrogen (secondary N) is 4. The van der Waals surface area contributed by atoms with Gasteiger partial charge in [0.2, 0.25) is 0 Å². The van der Waals surface area contributed by atoms with Gasteiger partial charge in [0.05, 0.1) is 18.4 Å². The fraction of sp³-hybridized carbons (Fsp3) is 0.192. The Kier molecular flexibility index (Phi) is 8.71. The molecule has 0 aliphatic carbocycles. The summed E-state index contributed by atoms with van der Waals surface area (Å²) in [6.07, 6.45) is 2.91. The molecular formula is C26H27N5O5. The van der Waals surface area contributed by atoms with Gasteiger partial charge in [-0.25, -0.2) is 0 Å². The first-order valence-electron chi connectivity index (χ1n) is 11.2. The minimum atomic E-state index is -0.958. The van der Waals surface area contributed by atoms with E-state index in [0.29, 0.717) is 16.9 Å². The van der Waals surface area contributed by atoms with Gasteiger partial charge >= 0.3 is 0 Å². The van der Waals surface area contributed by atoms with Gasteiger partial charge in [0.1, 0.15) is 11.8 Å². The number of benzene rings is 2. The Morgan fingerprint density at radius 2 is 1.42 bits per heavy atom. The molecule has 2 aromatic carbocycles. The van der Waals surface area contributed by atoms with Crippen molar-refractivity contribution in [2.45, 2.75) is 19.9 Å². The van der Waals surface area contributed by atoms with E-state index in [1.165, 1.54) is 31.6 Å². The van der Waals surface area contributed by atoms with Crippen LogP contribution in [0.1, 0.15) is 44.9 Å². The minimum absolute atomic E-state index is 0.179. The number of pyridine rings is 1. The number of carbonyl (C=O) groups excluding carboxylic acids is 4. The standard InChI is InChI=1S/C26H27N5O5/c1-16(2)22(26(35)31-30-24(33)18-12-14-27-15-13-18)29-25(34)20-6-4-5-7-21(20)28-23(32)17-8-10-19(36-3)11-9-17/h4-16,22H,1-3H3,(H,28,32)(H,29,34)(H,30,33)(H,31,35)/t22-/m0/s1. The van der Waals surface area contributed by atoms with Crippen LogP contribution in [0.4, 0.5) is 5.69 Å². The molecule has 1 heterocycles. The monoisotopic (exact) mass is 489 g/mol. The first-order valence-corrected chi connectivity index (χ1v) is 11.2. The van der Waals surface area contributed by atoms with Crippen molar-refractivity contribution in [3.63, 3.8) is 0 Å². The maximum absolute atomic E-state index is 13.1. The largest absolute Gasteiger partial charge is 0.497 e. The fourth-order valence-electron chi connectivity index (χ4n) is 3.25. The highest BCUT2D eigenvalue weighted by Crippen LogP contribution is 2.18. The molecule has 0 aliphatic heterocycles. The summed E-state index contributed by atoms with van der Waals surface area (Å²) >= 11 is 0. The van der Waals surface area contributed by atoms with E-state index in [4.69, 9.17) is 4.74 Å². The normalized spacial score (nSPS) is 11.2. The van der Waals surface area contributed by atoms with Crippen LogP contribution in [0.25, 0.3) is 0 Å². The predicted molar refractivity (Wildman–Crippen MR) is 133 cm³/mol. The molecule has 4 amide bonds. The molecule has 0 unspecified atom stereocenters. The van der Waals surface area contributed by atoms with Crippen LogP contribution in [0.2, 0.25) is 0 Å². The molecule has 186 valence electrons. The van der Waals surface area contributed by atoms with Crippen LogP contribution in [0.3, 0.4) is 0 Å². The zero-order valence-electron chi connectivity index (χ0n) is 20.1. The van der Waals surface area contributed by atoms with E-state index in [9.17, 15) is 19.2 Å². The highest BCUT2D eigenvalue weighted by molar-refractivity contribution is 6.09. The Morgan fingerprint density at radius 1 is 0.778 bits per heavy atom. The van der Waals surface area contributed by atoms with E-state index < -0.39 is 29.7 Å². The lowest BCUT2D eigenvalue weighted by Gasteiger charge is -2.22. The van der Waals surface area contributed by atoms with E-state index in [1.807, 2.05) is 0 Å². The quantitative estimate of drug-likeness (QED) is 0.359. The first-order chi connectivity index (χ1) is 17.3. The van der Waals surface area contributed by atoms with Crippen LogP contribution < -0.4 is 26.2 Å². The van der Waals surface area contributed by atoms with Gasteiger partial charge in [0.15, 0.2) is 0 Å². The number of ether oxygens (including phenoxy) is 1. The van der Waals surface area contributed by atoms with Gasteiger partial charge in [-0.15, -0.1) is 0 Å². The topological polar surface area (TPSA) is 139 Å². The van der Waals surface area contributed by atoms with Crippen LogP contribution >= 0.6 is 0 Å². The molecule has 3 rings (SSSR count). The first kappa shape index (κ1) is 25.9. The lowest BCUT2D eigenvalue weighted by Crippen LogP contribution is -2.54. The molecule has 1 atom stereocenters. The van der Waals surface area contributed by atoms with Crippen LogP contribution in [-0.2, 0) is 4.79 Å². The van der Waals surface area contributed by atoms with Gasteiger partial charge in [-0.3, -0.25) is 35.0 Å². The minimum Gasteiger partial charge on any atom is -0.497 e. The number of hydrogen-bond acceptors (Lipinski definition) is 6. The van der Waals surface area contributed by atoms with Crippen molar-refractivity contribution in [2.24, 2.45) is 5.92 Å². The summed E-state index contributed by atoms with van der Waals surface area (Å²) in [6, 6.07) is 15.0. The maximum atomic E-state index is 13.1. The van der Waals surface area contributed by atoms with E-state index >= 15 is 0 Å². The summed E-state index contributed by atoms with van der Waals surface area (Å²) in [5.74, 6) is -1.77. The molecule has 3 aromatic rings. The maximum Gasteiger partial charge on any atom is 0.269 e. The van der Waals surface area contributed by atoms with E-state index in [2.05, 4.69) is 26.5 Å². The van der Waals surface area contributed by atoms with Crippen LogP contribution in [0.5, 0.6) is 5.75 Å². The molecule has 1 aromatic heterocycles. The second-order valence-electron chi connectivity index (χ2n) is 8.10. The van der Waals surface area contributed by atoms with Gasteiger partial charge in [-0.1, -0.05) is 26.0 Å². The summed E-state index contributed by atoms with van der Waals surface area (Å²) < 4.78 is 5.10. The van der Waals surface area contributed by atoms with Crippen molar-refractivity contribution < 1.29 is 23.9 Å². The van der Waals surface area contributed by atoms with Gasteiger partial charge < -0.3 is 15.4 Å². The average Bonchev–Trinajstić information content (AvgIpc) is 2.90. The van der Waals surface area contributed by atoms with Gasteiger partial charge in [0.25, 0.3) is 23.6 Å². The third-order valence-electron chi connectivity index (χ3n) is 5.25. The summed E-state index contributed by atoms with van der Waals surface area (Å²) in [7, 11) is 1.53. The molecule has 0 saturated carbocycles. The van der Waals surface area contributed by atoms with Gasteiger partial charge in [0, 0.05) is 23.5 Å². The van der Waals surface area contributed by atoms with E-state index in [1.54, 1.807) is 62.4 Å². The molecule has 10 nitrogen and oxygen atoms in total. The number of rotatable bonds is 8. The van der Waals surface area contributed by atoms with Crippen molar-refractivity contribution >= 4 is 29.3 Å². The van der Waals surface area contributed by atoms with E-state index in [-0.39, 0.29) is 17.2 Å². The summed E-state index contributed by atoms with van der Waals surface area (Å²) in [6.45, 7) is 3.51. The molecule has 0 aliphatic rings. The molecule has 36 heavy (non-hydrogen) atoms. The number of carbonyl (C=O) groups is 4. The van der Waals surface area contributed by atoms with Crippen molar-refractivity contribution in [1.29, 1.82) is 0 Å². The van der Waals surface area contributed by atoms with E-state index in [0.717, 1.165) is 0 Å². The molecule has 4 N–H and O–H groups in total. The smallest absolute Gasteiger partial charge is 0.269 e. The summed E-state index contributed by atoms with van der Waals surface area (Å²) in [5.41, 5.74) is 5.83. The van der Waals surface area contributed by atoms with Crippen molar-refractivity contribution in [1.82, 2.24) is 21.2 Å². The number of aromatic nitrogens is 1. The molecule has 0 saturated heterocycles. The predicted octanol–water partition coefficient (Wildman–Crippen LogP) is 2.56. The fourth-order valence-corrected chi connectivity index (χ4v) is 3.25. The molecule has 0 fully saturated rings. The molecule has 0 spiro atoms. The summed E-state index contributed by atoms with van der Waals surface area (Å²) in [4.78, 5) is 54.6. The number of hydrazine groups is 1. The highest BCUT2D eigenvalue weighted by Gasteiger charge is 2.26. The zero-order chi connectivity index (χ0) is 26.1. The number of amides is 4. The Labute approximate surface area is 208 Å². The van der Waals surface area contributed by atoms with Crippen LogP contribution in [-0.4, -0.2) is 41.8 Å². The third kappa shape index (κ3) is 6.66. The van der Waals surface area contributed by atoms with Crippen LogP contribution in [0.15, 0.2) is 73.1 Å². The van der Waals surface area contributed by atoms with Gasteiger partial charge in [-0.05, 0) is 54.4 Å². The number of hydrogen-bond donors (Lipinski definition) is 4. The highest BCUT2D eigenvalue weighted by atomic mass is 16.5. The Bertz CT molecular complexity index is 1230. The Morgan fingerprint density at radius 3 is 2.06 bits per heavy atom. The van der Waals surface area contributed by atoms with Crippen molar-refractivity contribution in [3.05, 3.63) is 89.7 Å². The second-order valence-corrected chi connectivity index (χ2v) is 8.10. The number of nitrogens with zero attached hydrogens (tertiary/aromatic N) is 1. The molecule has 0 bridgehead atoms. The summed E-state index contributed by atoms with van der Waals surface area (Å²) in [5, 5.41) is 5.42. The molecule has 0 radical (unpaired) electrons. The van der Waals surface area contributed by atoms with Crippen LogP contribution in [0, 0.1) is 5.92 Å². The molecule has 10 heteroatoms. The number of para-hydroxylation sites is 1. The number of anilines is 1. The second kappa shape index (κ2) is 12.1. The lowest BCUT2D eigenvalue weighted by molar-refractivity contribution is -0.124.